The first kappa shape index (κ1) is 23.8. The van der Waals surface area contributed by atoms with Crippen molar-refractivity contribution in [2.45, 2.75) is 18.4 Å². The first-order chi connectivity index (χ1) is 15.5. The average Bonchev–Trinajstić information content (AvgIpc) is 3.39. The standard InChI is InChI=1S/C24H21FN3OS3.ClH/c1-4-28-22(14-21-26(2)16-9-5-6-10-17(16)30-21)32-19(24(28)29)12-13-20-27(3)23-15(25)8-7-11-18(23)31-20;/h5-14H,4H2,1-3H3;1H/q+1;/p-1/b19-12-,20-13-;. The third-order valence-corrected chi connectivity index (χ3v) is 8.89. The molecule has 0 N–H and O–H groups in total. The van der Waals surface area contributed by atoms with Crippen molar-refractivity contribution in [1.29, 1.82) is 0 Å². The fraction of sp³-hybridized carbons (Fsp3) is 0.167. The Bertz CT molecular complexity index is 1570. The van der Waals surface area contributed by atoms with Crippen LogP contribution in [-0.2, 0) is 13.6 Å². The van der Waals surface area contributed by atoms with Crippen molar-refractivity contribution in [3.8, 4) is 0 Å². The Kier molecular flexibility index (Phi) is 6.81. The molecule has 33 heavy (non-hydrogen) atoms. The van der Waals surface area contributed by atoms with E-state index in [1.54, 1.807) is 22.0 Å². The molecule has 9 heteroatoms. The minimum Gasteiger partial charge on any atom is -1.00 e. The van der Waals surface area contributed by atoms with E-state index in [1.807, 2.05) is 56.3 Å². The second-order valence-electron chi connectivity index (χ2n) is 7.38. The molecule has 1 aliphatic rings. The van der Waals surface area contributed by atoms with Crippen molar-refractivity contribution in [1.82, 2.24) is 4.57 Å². The van der Waals surface area contributed by atoms with E-state index in [0.29, 0.717) is 16.8 Å². The van der Waals surface area contributed by atoms with Gasteiger partial charge in [0, 0.05) is 24.6 Å². The molecule has 0 spiro atoms. The summed E-state index contributed by atoms with van der Waals surface area (Å²) in [5, 5.41) is 1.99. The van der Waals surface area contributed by atoms with Crippen LogP contribution in [0, 0.1) is 5.82 Å². The lowest BCUT2D eigenvalue weighted by Gasteiger charge is -2.13. The van der Waals surface area contributed by atoms with Gasteiger partial charge >= 0.3 is 0 Å². The average molecular weight is 518 g/mol. The summed E-state index contributed by atoms with van der Waals surface area (Å²) >= 11 is 4.70. The number of para-hydroxylation sites is 2. The van der Waals surface area contributed by atoms with Gasteiger partial charge in [0.2, 0.25) is 5.52 Å². The molecule has 0 fully saturated rings. The highest BCUT2D eigenvalue weighted by molar-refractivity contribution is 8.03. The van der Waals surface area contributed by atoms with Crippen molar-refractivity contribution in [2.75, 3.05) is 11.9 Å². The highest BCUT2D eigenvalue weighted by Crippen LogP contribution is 2.46. The van der Waals surface area contributed by atoms with E-state index in [-0.39, 0.29) is 23.8 Å². The van der Waals surface area contributed by atoms with Crippen molar-refractivity contribution < 1.29 is 21.4 Å². The van der Waals surface area contributed by atoms with E-state index in [9.17, 15) is 9.18 Å². The fourth-order valence-electron chi connectivity index (χ4n) is 3.80. The maximum atomic E-state index is 14.2. The molecule has 4 aromatic rings. The van der Waals surface area contributed by atoms with Gasteiger partial charge in [-0.2, -0.15) is 4.57 Å². The summed E-state index contributed by atoms with van der Waals surface area (Å²) in [6.07, 6.45) is 5.84. The number of benzene rings is 2. The zero-order valence-electron chi connectivity index (χ0n) is 18.2. The third kappa shape index (κ3) is 4.17. The largest absolute Gasteiger partial charge is 1.00 e. The van der Waals surface area contributed by atoms with Crippen LogP contribution in [0.3, 0.4) is 0 Å². The summed E-state index contributed by atoms with van der Waals surface area (Å²) in [5.41, 5.74) is 1.76. The predicted octanol–water partition coefficient (Wildman–Crippen LogP) is 0.805. The van der Waals surface area contributed by atoms with Gasteiger partial charge < -0.3 is 17.3 Å². The van der Waals surface area contributed by atoms with Gasteiger partial charge in [-0.05, 0) is 37.3 Å². The van der Waals surface area contributed by atoms with Gasteiger partial charge in [0.25, 0.3) is 10.6 Å². The minimum atomic E-state index is -0.238. The van der Waals surface area contributed by atoms with Crippen molar-refractivity contribution in [3.05, 3.63) is 83.9 Å². The number of halogens is 2. The molecular formula is C24H21ClFN3OS3. The number of thioether (sulfide) groups is 1. The van der Waals surface area contributed by atoms with Gasteiger partial charge in [-0.15, -0.1) is 11.3 Å². The van der Waals surface area contributed by atoms with Crippen molar-refractivity contribution >= 4 is 62.5 Å². The summed E-state index contributed by atoms with van der Waals surface area (Å²) in [6, 6.07) is 13.4. The molecule has 4 nitrogen and oxygen atoms in total. The summed E-state index contributed by atoms with van der Waals surface area (Å²) in [4.78, 5) is 15.8. The molecule has 170 valence electrons. The number of hydrogen-bond donors (Lipinski definition) is 0. The van der Waals surface area contributed by atoms with E-state index in [0.717, 1.165) is 19.6 Å². The van der Waals surface area contributed by atoms with Crippen LogP contribution in [0.1, 0.15) is 11.9 Å². The van der Waals surface area contributed by atoms with E-state index in [4.69, 9.17) is 0 Å². The van der Waals surface area contributed by atoms with Crippen molar-refractivity contribution in [3.63, 3.8) is 0 Å². The Hall–Kier alpha value is -2.39. The smallest absolute Gasteiger partial charge is 0.269 e. The first-order valence-corrected chi connectivity index (χ1v) is 12.6. The summed E-state index contributed by atoms with van der Waals surface area (Å²) in [7, 11) is 3.90. The molecular weight excluding hydrogens is 497 g/mol. The molecule has 0 bridgehead atoms. The fourth-order valence-corrected chi connectivity index (χ4v) is 7.08. The second kappa shape index (κ2) is 9.46. The minimum absolute atomic E-state index is 0. The lowest BCUT2D eigenvalue weighted by molar-refractivity contribution is -0.642. The van der Waals surface area contributed by atoms with Crippen LogP contribution in [0.25, 0.3) is 22.4 Å². The molecule has 0 atom stereocenters. The Morgan fingerprint density at radius 2 is 1.88 bits per heavy atom. The van der Waals surface area contributed by atoms with Gasteiger partial charge in [-0.25, -0.2) is 4.39 Å². The van der Waals surface area contributed by atoms with Gasteiger partial charge in [0.05, 0.1) is 21.3 Å². The van der Waals surface area contributed by atoms with Crippen LogP contribution in [0.15, 0.2) is 63.3 Å². The predicted molar refractivity (Wildman–Crippen MR) is 133 cm³/mol. The monoisotopic (exact) mass is 517 g/mol. The molecule has 0 aliphatic carbocycles. The number of aromatic nitrogens is 2. The molecule has 0 saturated carbocycles. The Morgan fingerprint density at radius 3 is 2.61 bits per heavy atom. The van der Waals surface area contributed by atoms with Gasteiger partial charge in [0.15, 0.2) is 0 Å². The van der Waals surface area contributed by atoms with Crippen molar-refractivity contribution in [2.24, 2.45) is 7.05 Å². The SMILES string of the molecule is CCn1c(=O)/c(=C/C=C2\Sc3cccc(F)c3N2C)s/c1=C\c1sc2ccccc2[n+]1C.[Cl-]. The van der Waals surface area contributed by atoms with Crippen LogP contribution in [0.5, 0.6) is 0 Å². The van der Waals surface area contributed by atoms with Crippen LogP contribution < -0.4 is 36.6 Å². The Balaban J connectivity index is 0.00000259. The van der Waals surface area contributed by atoms with Gasteiger partial charge in [-0.3, -0.25) is 9.36 Å². The quantitative estimate of drug-likeness (QED) is 0.377. The number of nitrogens with zero attached hydrogens (tertiary/aromatic N) is 3. The molecule has 0 radical (unpaired) electrons. The number of aryl methyl sites for hydroxylation is 1. The number of allylic oxidation sites excluding steroid dienone is 1. The topological polar surface area (TPSA) is 29.1 Å². The number of rotatable bonds is 3. The molecule has 0 unspecified atom stereocenters. The Labute approximate surface area is 209 Å². The number of hydrogen-bond acceptors (Lipinski definition) is 5. The van der Waals surface area contributed by atoms with Crippen LogP contribution >= 0.6 is 34.4 Å². The lowest BCUT2D eigenvalue weighted by atomic mass is 10.3. The summed E-state index contributed by atoms with van der Waals surface area (Å²) < 4.78 is 21.0. The van der Waals surface area contributed by atoms with E-state index < -0.39 is 0 Å². The highest BCUT2D eigenvalue weighted by atomic mass is 35.5. The molecule has 0 saturated heterocycles. The lowest BCUT2D eigenvalue weighted by Crippen LogP contribution is -3.00. The van der Waals surface area contributed by atoms with E-state index >= 15 is 0 Å². The van der Waals surface area contributed by atoms with Crippen LogP contribution in [0.2, 0.25) is 0 Å². The number of fused-ring (bicyclic) bond motifs is 2. The Morgan fingerprint density at radius 1 is 1.09 bits per heavy atom. The highest BCUT2D eigenvalue weighted by Gasteiger charge is 2.24. The maximum absolute atomic E-state index is 14.2. The molecule has 2 aromatic heterocycles. The summed E-state index contributed by atoms with van der Waals surface area (Å²) in [6.45, 7) is 2.59. The normalized spacial score (nSPS) is 15.5. The maximum Gasteiger partial charge on any atom is 0.269 e. The molecule has 2 aromatic carbocycles. The van der Waals surface area contributed by atoms with E-state index in [1.165, 1.54) is 39.4 Å². The number of thiazole rings is 2. The van der Waals surface area contributed by atoms with E-state index in [2.05, 4.69) is 22.8 Å². The second-order valence-corrected chi connectivity index (χ2v) is 10.6. The molecule has 0 amide bonds. The first-order valence-electron chi connectivity index (χ1n) is 10.2. The molecule has 5 rings (SSSR count). The number of anilines is 1. The third-order valence-electron chi connectivity index (χ3n) is 5.48. The molecule has 1 aliphatic heterocycles. The van der Waals surface area contributed by atoms with Crippen LogP contribution in [-0.4, -0.2) is 11.6 Å². The zero-order valence-corrected chi connectivity index (χ0v) is 21.4. The summed E-state index contributed by atoms with van der Waals surface area (Å²) in [5.74, 6) is -0.238. The molecule has 3 heterocycles. The van der Waals surface area contributed by atoms with Gasteiger partial charge in [-0.1, -0.05) is 41.3 Å². The zero-order chi connectivity index (χ0) is 22.4. The van der Waals surface area contributed by atoms with Crippen LogP contribution in [0.4, 0.5) is 10.1 Å². The van der Waals surface area contributed by atoms with Gasteiger partial charge in [0.1, 0.15) is 22.2 Å².